The Hall–Kier alpha value is -0.520. The Morgan fingerprint density at radius 1 is 1.50 bits per heavy atom. The molecule has 0 spiro atoms. The van der Waals surface area contributed by atoms with Gasteiger partial charge in [-0.05, 0) is 26.9 Å². The summed E-state index contributed by atoms with van der Waals surface area (Å²) in [5.74, 6) is 6.09. The van der Waals surface area contributed by atoms with Crippen LogP contribution in [0.15, 0.2) is 0 Å². The summed E-state index contributed by atoms with van der Waals surface area (Å²) in [6, 6.07) is 0. The number of nitrogens with zero attached hydrogens (tertiary/aromatic N) is 1. The Morgan fingerprint density at radius 2 is 2.10 bits per heavy atom. The summed E-state index contributed by atoms with van der Waals surface area (Å²) in [5, 5.41) is 0. The minimum absolute atomic E-state index is 0.101. The summed E-state index contributed by atoms with van der Waals surface area (Å²) in [4.78, 5) is 2.04. The zero-order chi connectivity index (χ0) is 7.61. The molecule has 0 aromatic carbocycles. The van der Waals surface area contributed by atoms with Gasteiger partial charge in [0.05, 0.1) is 12.1 Å². The van der Waals surface area contributed by atoms with Crippen molar-refractivity contribution in [3.8, 4) is 11.8 Å². The van der Waals surface area contributed by atoms with E-state index in [2.05, 4.69) is 11.8 Å². The lowest BCUT2D eigenvalue weighted by atomic mass is 10.3. The zero-order valence-electron chi connectivity index (χ0n) is 6.65. The molecular formula is C8H14N2. The molecule has 0 saturated heterocycles. The first kappa shape index (κ1) is 7.59. The molecule has 1 aliphatic carbocycles. The van der Waals surface area contributed by atoms with Crippen LogP contribution < -0.4 is 5.73 Å². The molecule has 0 aromatic rings. The SMILES string of the molecule is CN(C)CC#CC1(N)CC1. The standard InChI is InChI=1S/C8H14N2/c1-10(2)7-3-4-8(9)5-6-8/h5-7,9H2,1-2H3. The fourth-order valence-corrected chi connectivity index (χ4v) is 0.633. The van der Waals surface area contributed by atoms with E-state index in [1.807, 2.05) is 19.0 Å². The maximum absolute atomic E-state index is 5.74. The van der Waals surface area contributed by atoms with Crippen LogP contribution in [-0.2, 0) is 0 Å². The Labute approximate surface area is 62.4 Å². The summed E-state index contributed by atoms with van der Waals surface area (Å²) >= 11 is 0. The largest absolute Gasteiger partial charge is 0.315 e. The van der Waals surface area contributed by atoms with Crippen LogP contribution in [0.5, 0.6) is 0 Å². The predicted octanol–water partition coefficient (Wildman–Crippen LogP) is 0.0427. The fourth-order valence-electron chi connectivity index (χ4n) is 0.633. The van der Waals surface area contributed by atoms with Crippen LogP contribution >= 0.6 is 0 Å². The molecule has 2 heteroatoms. The minimum Gasteiger partial charge on any atom is -0.315 e. The molecule has 0 heterocycles. The molecule has 1 aliphatic rings. The van der Waals surface area contributed by atoms with Crippen molar-refractivity contribution in [3.05, 3.63) is 0 Å². The van der Waals surface area contributed by atoms with E-state index in [-0.39, 0.29) is 5.54 Å². The maximum atomic E-state index is 5.74. The van der Waals surface area contributed by atoms with Crippen molar-refractivity contribution in [2.45, 2.75) is 18.4 Å². The van der Waals surface area contributed by atoms with Crippen molar-refractivity contribution < 1.29 is 0 Å². The lowest BCUT2D eigenvalue weighted by molar-refractivity contribution is 0.463. The molecular weight excluding hydrogens is 124 g/mol. The first-order valence-electron chi connectivity index (χ1n) is 3.56. The van der Waals surface area contributed by atoms with E-state index in [9.17, 15) is 0 Å². The third-order valence-electron chi connectivity index (χ3n) is 1.52. The van der Waals surface area contributed by atoms with Gasteiger partial charge in [0.2, 0.25) is 0 Å². The Balaban J connectivity index is 2.26. The molecule has 2 nitrogen and oxygen atoms in total. The second kappa shape index (κ2) is 2.61. The molecule has 0 unspecified atom stereocenters. The van der Waals surface area contributed by atoms with Crippen LogP contribution in [0, 0.1) is 11.8 Å². The van der Waals surface area contributed by atoms with Crippen molar-refractivity contribution in [3.63, 3.8) is 0 Å². The molecule has 0 bridgehead atoms. The van der Waals surface area contributed by atoms with Crippen molar-refractivity contribution >= 4 is 0 Å². The molecule has 1 saturated carbocycles. The van der Waals surface area contributed by atoms with Crippen molar-refractivity contribution in [1.82, 2.24) is 4.90 Å². The van der Waals surface area contributed by atoms with Gasteiger partial charge in [0, 0.05) is 0 Å². The molecule has 1 rings (SSSR count). The van der Waals surface area contributed by atoms with Crippen LogP contribution in [0.4, 0.5) is 0 Å². The van der Waals surface area contributed by atoms with Gasteiger partial charge in [0.15, 0.2) is 0 Å². The predicted molar refractivity (Wildman–Crippen MR) is 42.5 cm³/mol. The van der Waals surface area contributed by atoms with Gasteiger partial charge in [-0.3, -0.25) is 4.90 Å². The average molecular weight is 138 g/mol. The first-order chi connectivity index (χ1) is 4.62. The van der Waals surface area contributed by atoms with Gasteiger partial charge in [-0.25, -0.2) is 0 Å². The molecule has 1 fully saturated rings. The zero-order valence-corrected chi connectivity index (χ0v) is 6.65. The van der Waals surface area contributed by atoms with Gasteiger partial charge in [-0.2, -0.15) is 0 Å². The quantitative estimate of drug-likeness (QED) is 0.518. The van der Waals surface area contributed by atoms with E-state index in [0.717, 1.165) is 19.4 Å². The number of nitrogens with two attached hydrogens (primary N) is 1. The van der Waals surface area contributed by atoms with Crippen LogP contribution in [0.2, 0.25) is 0 Å². The molecule has 0 amide bonds. The Morgan fingerprint density at radius 3 is 2.50 bits per heavy atom. The lowest BCUT2D eigenvalue weighted by Gasteiger charge is -2.01. The molecule has 0 aliphatic heterocycles. The van der Waals surface area contributed by atoms with Crippen molar-refractivity contribution in [1.29, 1.82) is 0 Å². The van der Waals surface area contributed by atoms with Crippen molar-refractivity contribution in [2.75, 3.05) is 20.6 Å². The summed E-state index contributed by atoms with van der Waals surface area (Å²) in [5.41, 5.74) is 5.64. The monoisotopic (exact) mass is 138 g/mol. The van der Waals surface area contributed by atoms with Crippen molar-refractivity contribution in [2.24, 2.45) is 5.73 Å². The summed E-state index contributed by atoms with van der Waals surface area (Å²) in [7, 11) is 4.01. The van der Waals surface area contributed by atoms with E-state index in [0.29, 0.717) is 0 Å². The highest BCUT2D eigenvalue weighted by Gasteiger charge is 2.35. The van der Waals surface area contributed by atoms with Gasteiger partial charge in [-0.1, -0.05) is 11.8 Å². The number of rotatable bonds is 1. The summed E-state index contributed by atoms with van der Waals surface area (Å²) < 4.78 is 0. The van der Waals surface area contributed by atoms with Crippen LogP contribution in [0.25, 0.3) is 0 Å². The van der Waals surface area contributed by atoms with E-state index < -0.39 is 0 Å². The minimum atomic E-state index is -0.101. The Kier molecular flexibility index (Phi) is 1.98. The summed E-state index contributed by atoms with van der Waals surface area (Å²) in [6.07, 6.45) is 2.15. The molecule has 0 aromatic heterocycles. The second-order valence-electron chi connectivity index (χ2n) is 3.20. The third kappa shape index (κ3) is 2.38. The van der Waals surface area contributed by atoms with E-state index in [1.54, 1.807) is 0 Å². The third-order valence-corrected chi connectivity index (χ3v) is 1.52. The Bertz CT molecular complexity index is 169. The molecule has 2 N–H and O–H groups in total. The van der Waals surface area contributed by atoms with Gasteiger partial charge in [-0.15, -0.1) is 0 Å². The highest BCUT2D eigenvalue weighted by atomic mass is 15.0. The van der Waals surface area contributed by atoms with Gasteiger partial charge in [0.1, 0.15) is 0 Å². The molecule has 56 valence electrons. The second-order valence-corrected chi connectivity index (χ2v) is 3.20. The van der Waals surface area contributed by atoms with Gasteiger partial charge >= 0.3 is 0 Å². The van der Waals surface area contributed by atoms with E-state index in [1.165, 1.54) is 0 Å². The highest BCUT2D eigenvalue weighted by molar-refractivity contribution is 5.25. The fraction of sp³-hybridized carbons (Fsp3) is 0.750. The normalized spacial score (nSPS) is 20.0. The van der Waals surface area contributed by atoms with Gasteiger partial charge in [0.25, 0.3) is 0 Å². The number of hydrogen-bond donors (Lipinski definition) is 1. The van der Waals surface area contributed by atoms with Crippen LogP contribution in [0.1, 0.15) is 12.8 Å². The average Bonchev–Trinajstić information content (AvgIpc) is 2.47. The molecule has 0 radical (unpaired) electrons. The van der Waals surface area contributed by atoms with E-state index in [4.69, 9.17) is 5.73 Å². The van der Waals surface area contributed by atoms with E-state index >= 15 is 0 Å². The molecule has 0 atom stereocenters. The number of hydrogen-bond acceptors (Lipinski definition) is 2. The van der Waals surface area contributed by atoms with Gasteiger partial charge < -0.3 is 5.73 Å². The smallest absolute Gasteiger partial charge is 0.0778 e. The highest BCUT2D eigenvalue weighted by Crippen LogP contribution is 2.30. The lowest BCUT2D eigenvalue weighted by Crippen LogP contribution is -2.19. The molecule has 10 heavy (non-hydrogen) atoms. The topological polar surface area (TPSA) is 29.3 Å². The first-order valence-corrected chi connectivity index (χ1v) is 3.56. The summed E-state index contributed by atoms with van der Waals surface area (Å²) in [6.45, 7) is 0.818. The maximum Gasteiger partial charge on any atom is 0.0778 e. The van der Waals surface area contributed by atoms with Crippen LogP contribution in [-0.4, -0.2) is 31.1 Å². The van der Waals surface area contributed by atoms with Crippen LogP contribution in [0.3, 0.4) is 0 Å².